The summed E-state index contributed by atoms with van der Waals surface area (Å²) < 4.78 is 0. The normalized spacial score (nSPS) is 15.6. The first-order valence-corrected chi connectivity index (χ1v) is 8.27. The Labute approximate surface area is 142 Å². The molecule has 0 aliphatic carbocycles. The SMILES string of the molecule is C=CCC1(CC=C)CCN1C(=O)c1[nH]nc(-c2ccccc2)c1C. The molecular formula is C20H23N3O. The number of hydrogen-bond acceptors (Lipinski definition) is 2. The molecule has 2 aromatic rings. The number of amides is 1. The number of aromatic nitrogens is 2. The molecule has 0 saturated carbocycles. The average Bonchev–Trinajstić information content (AvgIpc) is 2.96. The third kappa shape index (κ3) is 2.58. The maximum atomic E-state index is 13.0. The van der Waals surface area contributed by atoms with Crippen molar-refractivity contribution in [3.8, 4) is 11.3 Å². The van der Waals surface area contributed by atoms with Crippen molar-refractivity contribution in [1.29, 1.82) is 0 Å². The predicted octanol–water partition coefficient (Wildman–Crippen LogP) is 4.12. The van der Waals surface area contributed by atoms with Crippen LogP contribution in [-0.2, 0) is 0 Å². The lowest BCUT2D eigenvalue weighted by molar-refractivity contribution is -0.000589. The fourth-order valence-corrected chi connectivity index (χ4v) is 3.52. The lowest BCUT2D eigenvalue weighted by Crippen LogP contribution is -2.61. The zero-order chi connectivity index (χ0) is 17.2. The highest BCUT2D eigenvalue weighted by atomic mass is 16.2. The Balaban J connectivity index is 1.90. The Morgan fingerprint density at radius 1 is 1.29 bits per heavy atom. The van der Waals surface area contributed by atoms with Crippen molar-refractivity contribution in [3.05, 3.63) is 66.9 Å². The molecule has 1 fully saturated rings. The molecule has 1 N–H and O–H groups in total. The topological polar surface area (TPSA) is 49.0 Å². The minimum Gasteiger partial charge on any atom is -0.331 e. The first-order chi connectivity index (χ1) is 11.6. The minimum absolute atomic E-state index is 0.0112. The average molecular weight is 321 g/mol. The predicted molar refractivity (Wildman–Crippen MR) is 96.8 cm³/mol. The van der Waals surface area contributed by atoms with Gasteiger partial charge in [-0.25, -0.2) is 0 Å². The highest BCUT2D eigenvalue weighted by Gasteiger charge is 2.46. The molecule has 0 bridgehead atoms. The van der Waals surface area contributed by atoms with Gasteiger partial charge in [0.1, 0.15) is 5.69 Å². The molecule has 24 heavy (non-hydrogen) atoms. The van der Waals surface area contributed by atoms with Crippen LogP contribution in [-0.4, -0.2) is 33.1 Å². The van der Waals surface area contributed by atoms with Crippen molar-refractivity contribution in [2.24, 2.45) is 0 Å². The van der Waals surface area contributed by atoms with Gasteiger partial charge in [0.05, 0.1) is 11.2 Å². The van der Waals surface area contributed by atoms with Gasteiger partial charge in [0.2, 0.25) is 0 Å². The van der Waals surface area contributed by atoms with Gasteiger partial charge in [-0.15, -0.1) is 13.2 Å². The molecule has 0 spiro atoms. The summed E-state index contributed by atoms with van der Waals surface area (Å²) in [7, 11) is 0. The van der Waals surface area contributed by atoms with Crippen LogP contribution in [0.1, 0.15) is 35.3 Å². The Morgan fingerprint density at radius 2 is 1.96 bits per heavy atom. The summed E-state index contributed by atoms with van der Waals surface area (Å²) in [4.78, 5) is 15.0. The standard InChI is InChI=1S/C20H23N3O/c1-4-11-20(12-5-2)13-14-23(20)19(24)18-15(3)17(21-22-18)16-9-7-6-8-10-16/h4-10H,1-2,11-14H2,3H3,(H,21,22). The molecule has 1 aliphatic heterocycles. The number of benzene rings is 1. The van der Waals surface area contributed by atoms with Gasteiger partial charge in [-0.3, -0.25) is 9.89 Å². The van der Waals surface area contributed by atoms with Crippen molar-refractivity contribution < 1.29 is 4.79 Å². The zero-order valence-corrected chi connectivity index (χ0v) is 14.1. The van der Waals surface area contributed by atoms with Gasteiger partial charge in [-0.1, -0.05) is 42.5 Å². The van der Waals surface area contributed by atoms with Crippen molar-refractivity contribution >= 4 is 5.91 Å². The van der Waals surface area contributed by atoms with Crippen LogP contribution in [0.15, 0.2) is 55.6 Å². The van der Waals surface area contributed by atoms with E-state index in [4.69, 9.17) is 0 Å². The molecule has 2 heterocycles. The van der Waals surface area contributed by atoms with E-state index in [0.717, 1.165) is 42.6 Å². The van der Waals surface area contributed by atoms with Gasteiger partial charge in [0, 0.05) is 17.7 Å². The Kier molecular flexibility index (Phi) is 4.38. The van der Waals surface area contributed by atoms with E-state index in [0.29, 0.717) is 5.69 Å². The van der Waals surface area contributed by atoms with Gasteiger partial charge >= 0.3 is 0 Å². The Morgan fingerprint density at radius 3 is 2.50 bits per heavy atom. The van der Waals surface area contributed by atoms with E-state index in [1.54, 1.807) is 0 Å². The van der Waals surface area contributed by atoms with E-state index < -0.39 is 0 Å². The number of rotatable bonds is 6. The maximum absolute atomic E-state index is 13.0. The van der Waals surface area contributed by atoms with Crippen LogP contribution >= 0.6 is 0 Å². The lowest BCUT2D eigenvalue weighted by atomic mass is 9.78. The first-order valence-electron chi connectivity index (χ1n) is 8.27. The molecule has 1 aromatic carbocycles. The van der Waals surface area contributed by atoms with E-state index in [1.807, 2.05) is 54.3 Å². The minimum atomic E-state index is -0.176. The van der Waals surface area contributed by atoms with Crippen LogP contribution in [0.4, 0.5) is 0 Å². The molecule has 0 atom stereocenters. The van der Waals surface area contributed by atoms with Gasteiger partial charge in [-0.05, 0) is 26.2 Å². The summed E-state index contributed by atoms with van der Waals surface area (Å²) in [5.74, 6) is 0.0112. The molecule has 0 radical (unpaired) electrons. The van der Waals surface area contributed by atoms with Crippen LogP contribution in [0, 0.1) is 6.92 Å². The maximum Gasteiger partial charge on any atom is 0.272 e. The van der Waals surface area contributed by atoms with Crippen molar-refractivity contribution in [2.45, 2.75) is 31.7 Å². The summed E-state index contributed by atoms with van der Waals surface area (Å²) in [5, 5.41) is 7.33. The summed E-state index contributed by atoms with van der Waals surface area (Å²) in [6, 6.07) is 9.91. The van der Waals surface area contributed by atoms with E-state index in [9.17, 15) is 4.79 Å². The molecule has 124 valence electrons. The van der Waals surface area contributed by atoms with E-state index in [1.165, 1.54) is 0 Å². The quantitative estimate of drug-likeness (QED) is 0.814. The largest absolute Gasteiger partial charge is 0.331 e. The fourth-order valence-electron chi connectivity index (χ4n) is 3.52. The zero-order valence-electron chi connectivity index (χ0n) is 14.1. The summed E-state index contributed by atoms with van der Waals surface area (Å²) in [6.07, 6.45) is 6.32. The number of carbonyl (C=O) groups excluding carboxylic acids is 1. The second-order valence-electron chi connectivity index (χ2n) is 6.35. The Hall–Kier alpha value is -2.62. The third-order valence-corrected chi connectivity index (χ3v) is 4.94. The number of nitrogens with zero attached hydrogens (tertiary/aromatic N) is 2. The molecule has 1 aromatic heterocycles. The third-order valence-electron chi connectivity index (χ3n) is 4.94. The van der Waals surface area contributed by atoms with Crippen LogP contribution < -0.4 is 0 Å². The molecular weight excluding hydrogens is 298 g/mol. The number of aromatic amines is 1. The first kappa shape index (κ1) is 16.2. The molecule has 1 saturated heterocycles. The number of hydrogen-bond donors (Lipinski definition) is 1. The molecule has 4 heteroatoms. The van der Waals surface area contributed by atoms with Crippen molar-refractivity contribution in [3.63, 3.8) is 0 Å². The van der Waals surface area contributed by atoms with Gasteiger partial charge in [-0.2, -0.15) is 5.10 Å². The monoisotopic (exact) mass is 321 g/mol. The van der Waals surface area contributed by atoms with Crippen LogP contribution in [0.25, 0.3) is 11.3 Å². The van der Waals surface area contributed by atoms with E-state index in [-0.39, 0.29) is 11.4 Å². The van der Waals surface area contributed by atoms with Crippen LogP contribution in [0.3, 0.4) is 0 Å². The highest BCUT2D eigenvalue weighted by Crippen LogP contribution is 2.39. The van der Waals surface area contributed by atoms with Gasteiger partial charge < -0.3 is 4.90 Å². The molecule has 4 nitrogen and oxygen atoms in total. The molecule has 1 aliphatic rings. The smallest absolute Gasteiger partial charge is 0.272 e. The fraction of sp³-hybridized carbons (Fsp3) is 0.300. The summed E-state index contributed by atoms with van der Waals surface area (Å²) >= 11 is 0. The van der Waals surface area contributed by atoms with E-state index >= 15 is 0 Å². The van der Waals surface area contributed by atoms with Crippen LogP contribution in [0.2, 0.25) is 0 Å². The van der Waals surface area contributed by atoms with Gasteiger partial charge in [0.15, 0.2) is 0 Å². The van der Waals surface area contributed by atoms with Crippen LogP contribution in [0.5, 0.6) is 0 Å². The van der Waals surface area contributed by atoms with Gasteiger partial charge in [0.25, 0.3) is 5.91 Å². The number of carbonyl (C=O) groups is 1. The van der Waals surface area contributed by atoms with Crippen molar-refractivity contribution in [2.75, 3.05) is 6.54 Å². The molecule has 0 unspecified atom stereocenters. The van der Waals surface area contributed by atoms with E-state index in [2.05, 4.69) is 23.4 Å². The highest BCUT2D eigenvalue weighted by molar-refractivity contribution is 5.96. The molecule has 1 amide bonds. The number of H-pyrrole nitrogens is 1. The number of nitrogens with one attached hydrogen (secondary N) is 1. The summed E-state index contributed by atoms with van der Waals surface area (Å²) in [5.41, 5.74) is 3.13. The molecule has 3 rings (SSSR count). The Bertz CT molecular complexity index is 750. The summed E-state index contributed by atoms with van der Waals surface area (Å²) in [6.45, 7) is 10.4. The second kappa shape index (κ2) is 6.48. The second-order valence-corrected chi connectivity index (χ2v) is 6.35. The van der Waals surface area contributed by atoms with Crippen molar-refractivity contribution in [1.82, 2.24) is 15.1 Å². The lowest BCUT2D eigenvalue weighted by Gasteiger charge is -2.52. The number of likely N-dealkylation sites (tertiary alicyclic amines) is 1.